The average Bonchev–Trinajstić information content (AvgIpc) is 2.61. The molecule has 6 heteroatoms. The molecule has 0 unspecified atom stereocenters. The van der Waals surface area contributed by atoms with Crippen molar-refractivity contribution < 1.29 is 14.6 Å². The molecule has 2 aromatic carbocycles. The number of hydrogen-bond acceptors (Lipinski definition) is 4. The maximum atomic E-state index is 13.0. The third kappa shape index (κ3) is 3.95. The summed E-state index contributed by atoms with van der Waals surface area (Å²) in [5, 5.41) is 10.9. The van der Waals surface area contributed by atoms with Gasteiger partial charge in [-0.25, -0.2) is 0 Å². The molecule has 0 saturated carbocycles. The quantitative estimate of drug-likeness (QED) is 0.804. The number of halogens is 1. The molecule has 25 heavy (non-hydrogen) atoms. The second kappa shape index (κ2) is 7.87. The molecule has 0 fully saturated rings. The van der Waals surface area contributed by atoms with Crippen LogP contribution in [0.25, 0.3) is 0 Å². The van der Waals surface area contributed by atoms with Gasteiger partial charge in [0, 0.05) is 11.6 Å². The highest BCUT2D eigenvalue weighted by Crippen LogP contribution is 2.30. The number of benzene rings is 2. The zero-order valence-corrected chi connectivity index (χ0v) is 14.6. The lowest BCUT2D eigenvalue weighted by Gasteiger charge is -2.32. The number of nitrogens with two attached hydrogens (primary N) is 1. The van der Waals surface area contributed by atoms with Crippen LogP contribution >= 0.6 is 11.6 Å². The maximum absolute atomic E-state index is 13.0. The molecule has 1 aliphatic rings. The van der Waals surface area contributed by atoms with E-state index in [9.17, 15) is 9.90 Å². The maximum Gasteiger partial charge on any atom is 0.258 e. The van der Waals surface area contributed by atoms with Gasteiger partial charge in [-0.1, -0.05) is 35.9 Å². The summed E-state index contributed by atoms with van der Waals surface area (Å²) in [5.74, 6) is 0.257. The Labute approximate surface area is 152 Å². The van der Waals surface area contributed by atoms with Crippen molar-refractivity contribution in [3.63, 3.8) is 0 Å². The Morgan fingerprint density at radius 3 is 2.92 bits per heavy atom. The molecule has 0 spiro atoms. The van der Waals surface area contributed by atoms with Crippen molar-refractivity contribution in [2.24, 2.45) is 5.73 Å². The molecule has 1 atom stereocenters. The van der Waals surface area contributed by atoms with Gasteiger partial charge in [0.15, 0.2) is 0 Å². The molecule has 0 radical (unpaired) electrons. The third-order valence-corrected chi connectivity index (χ3v) is 4.47. The Balaban J connectivity index is 1.84. The van der Waals surface area contributed by atoms with Crippen molar-refractivity contribution in [3.8, 4) is 5.75 Å². The number of nitrogens with zero attached hydrogens (tertiary/aromatic N) is 1. The number of aliphatic hydroxyl groups excluding tert-OH is 1. The molecular formula is C19H21ClN2O3. The summed E-state index contributed by atoms with van der Waals surface area (Å²) in [7, 11) is 0. The highest BCUT2D eigenvalue weighted by molar-refractivity contribution is 6.30. The minimum absolute atomic E-state index is 0.187. The minimum Gasteiger partial charge on any atom is -0.493 e. The normalized spacial score (nSPS) is 16.4. The van der Waals surface area contributed by atoms with Crippen LogP contribution in [-0.4, -0.2) is 35.6 Å². The molecule has 3 rings (SSSR count). The fraction of sp³-hybridized carbons (Fsp3) is 0.316. The van der Waals surface area contributed by atoms with Crippen LogP contribution in [-0.2, 0) is 6.54 Å². The van der Waals surface area contributed by atoms with E-state index >= 15 is 0 Å². The third-order valence-electron chi connectivity index (χ3n) is 4.24. The van der Waals surface area contributed by atoms with Crippen molar-refractivity contribution in [2.75, 3.05) is 19.7 Å². The molecule has 0 aliphatic carbocycles. The van der Waals surface area contributed by atoms with Crippen LogP contribution in [0.2, 0.25) is 5.02 Å². The summed E-state index contributed by atoms with van der Waals surface area (Å²) in [5.41, 5.74) is 7.76. The number of hydrogen-bond donors (Lipinski definition) is 2. The predicted molar refractivity (Wildman–Crippen MR) is 96.8 cm³/mol. The van der Waals surface area contributed by atoms with Gasteiger partial charge in [-0.05, 0) is 42.3 Å². The second-order valence-corrected chi connectivity index (χ2v) is 6.47. The van der Waals surface area contributed by atoms with Crippen molar-refractivity contribution in [3.05, 3.63) is 64.2 Å². The van der Waals surface area contributed by atoms with Gasteiger partial charge in [0.1, 0.15) is 5.75 Å². The van der Waals surface area contributed by atoms with E-state index in [1.807, 2.05) is 24.3 Å². The number of carbonyl (C=O) groups excluding carboxylic acids is 1. The van der Waals surface area contributed by atoms with E-state index in [1.54, 1.807) is 23.1 Å². The number of ether oxygens (including phenoxy) is 1. The van der Waals surface area contributed by atoms with Gasteiger partial charge in [-0.15, -0.1) is 0 Å². The molecule has 0 aromatic heterocycles. The molecule has 132 valence electrons. The first-order chi connectivity index (χ1) is 12.1. The van der Waals surface area contributed by atoms with Crippen LogP contribution in [0.15, 0.2) is 42.5 Å². The van der Waals surface area contributed by atoms with Gasteiger partial charge in [0.25, 0.3) is 5.91 Å². The van der Waals surface area contributed by atoms with E-state index in [0.717, 1.165) is 11.1 Å². The fourth-order valence-electron chi connectivity index (χ4n) is 2.96. The van der Waals surface area contributed by atoms with E-state index in [0.29, 0.717) is 42.5 Å². The smallest absolute Gasteiger partial charge is 0.258 e. The number of amides is 1. The highest BCUT2D eigenvalue weighted by Gasteiger charge is 2.28. The zero-order valence-electron chi connectivity index (χ0n) is 13.8. The highest BCUT2D eigenvalue weighted by atomic mass is 35.5. The van der Waals surface area contributed by atoms with Crippen molar-refractivity contribution in [1.29, 1.82) is 0 Å². The van der Waals surface area contributed by atoms with Crippen molar-refractivity contribution in [1.82, 2.24) is 4.90 Å². The number of aliphatic hydroxyl groups is 1. The summed E-state index contributed by atoms with van der Waals surface area (Å²) < 4.78 is 5.69. The van der Waals surface area contributed by atoms with Crippen LogP contribution in [0.1, 0.15) is 34.0 Å². The standard InChI is InChI=1S/C19H21ClN2O3/c20-14-6-7-16(18(10-14)25-9-3-8-21)19(24)22-11-13-4-1-2-5-15(13)17(23)12-22/h1-2,4-7,10,17,23H,3,8-9,11-12,21H2/t17-/m1/s1. The lowest BCUT2D eigenvalue weighted by molar-refractivity contribution is 0.0546. The average molecular weight is 361 g/mol. The van der Waals surface area contributed by atoms with Gasteiger partial charge in [-0.2, -0.15) is 0 Å². The van der Waals surface area contributed by atoms with E-state index in [-0.39, 0.29) is 12.5 Å². The van der Waals surface area contributed by atoms with Crippen LogP contribution in [0.4, 0.5) is 0 Å². The Bertz CT molecular complexity index is 766. The monoisotopic (exact) mass is 360 g/mol. The summed E-state index contributed by atoms with van der Waals surface area (Å²) >= 11 is 6.04. The summed E-state index contributed by atoms with van der Waals surface area (Å²) in [6.07, 6.45) is -0.00142. The molecule has 1 aliphatic heterocycles. The van der Waals surface area contributed by atoms with E-state index in [4.69, 9.17) is 22.1 Å². The van der Waals surface area contributed by atoms with E-state index in [2.05, 4.69) is 0 Å². The Kier molecular flexibility index (Phi) is 5.58. The second-order valence-electron chi connectivity index (χ2n) is 6.03. The SMILES string of the molecule is NCCCOc1cc(Cl)ccc1C(=O)N1Cc2ccccc2[C@H](O)C1. The molecule has 1 heterocycles. The van der Waals surface area contributed by atoms with Crippen molar-refractivity contribution in [2.45, 2.75) is 19.1 Å². The summed E-state index contributed by atoms with van der Waals surface area (Å²) in [6.45, 7) is 1.64. The van der Waals surface area contributed by atoms with Gasteiger partial charge < -0.3 is 20.5 Å². The Hall–Kier alpha value is -2.08. The molecule has 2 aromatic rings. The largest absolute Gasteiger partial charge is 0.493 e. The number of carbonyl (C=O) groups is 1. The lowest BCUT2D eigenvalue weighted by atomic mass is 9.97. The minimum atomic E-state index is -0.692. The molecule has 3 N–H and O–H groups in total. The molecular weight excluding hydrogens is 340 g/mol. The topological polar surface area (TPSA) is 75.8 Å². The van der Waals surface area contributed by atoms with Gasteiger partial charge in [-0.3, -0.25) is 4.79 Å². The first-order valence-corrected chi connectivity index (χ1v) is 8.65. The zero-order chi connectivity index (χ0) is 17.8. The van der Waals surface area contributed by atoms with E-state index in [1.165, 1.54) is 0 Å². The van der Waals surface area contributed by atoms with Gasteiger partial charge >= 0.3 is 0 Å². The molecule has 0 saturated heterocycles. The molecule has 5 nitrogen and oxygen atoms in total. The number of fused-ring (bicyclic) bond motifs is 1. The van der Waals surface area contributed by atoms with Crippen LogP contribution < -0.4 is 10.5 Å². The fourth-order valence-corrected chi connectivity index (χ4v) is 3.13. The van der Waals surface area contributed by atoms with Gasteiger partial charge in [0.05, 0.1) is 24.8 Å². The molecule has 1 amide bonds. The van der Waals surface area contributed by atoms with Crippen molar-refractivity contribution >= 4 is 17.5 Å². The summed E-state index contributed by atoms with van der Waals surface area (Å²) in [6, 6.07) is 12.6. The summed E-state index contributed by atoms with van der Waals surface area (Å²) in [4.78, 5) is 14.6. The Morgan fingerprint density at radius 1 is 1.32 bits per heavy atom. The van der Waals surface area contributed by atoms with E-state index < -0.39 is 6.10 Å². The predicted octanol–water partition coefficient (Wildman–Crippen LogP) is 2.76. The number of β-amino-alcohol motifs (C(OH)–C–C–N with tert-alkyl or cyclic N) is 1. The van der Waals surface area contributed by atoms with Crippen LogP contribution in [0.3, 0.4) is 0 Å². The first kappa shape index (κ1) is 17.7. The first-order valence-electron chi connectivity index (χ1n) is 8.27. The van der Waals surface area contributed by atoms with Gasteiger partial charge in [0.2, 0.25) is 0 Å². The Morgan fingerprint density at radius 2 is 2.12 bits per heavy atom. The lowest BCUT2D eigenvalue weighted by Crippen LogP contribution is -2.38. The van der Waals surface area contributed by atoms with Crippen LogP contribution in [0.5, 0.6) is 5.75 Å². The number of rotatable bonds is 5. The van der Waals surface area contributed by atoms with Crippen LogP contribution in [0, 0.1) is 0 Å². The molecule has 0 bridgehead atoms.